The molecule has 2 aliphatic rings. The summed E-state index contributed by atoms with van der Waals surface area (Å²) in [5, 5.41) is 5.42. The number of aromatic nitrogens is 4. The van der Waals surface area contributed by atoms with Crippen molar-refractivity contribution in [2.45, 2.75) is 77.5 Å². The van der Waals surface area contributed by atoms with Gasteiger partial charge in [-0.15, -0.1) is 0 Å². The number of benzene rings is 3. The topological polar surface area (TPSA) is 175 Å². The minimum atomic E-state index is -0.698. The first-order chi connectivity index (χ1) is 26.9. The van der Waals surface area contributed by atoms with Crippen LogP contribution in [0.5, 0.6) is 0 Å². The molecule has 0 saturated carbocycles. The number of carbonyl (C=O) groups excluding carboxylic acids is 4. The van der Waals surface area contributed by atoms with Crippen molar-refractivity contribution in [1.29, 1.82) is 0 Å². The number of carbonyl (C=O) groups is 4. The molecule has 4 atom stereocenters. The third-order valence-electron chi connectivity index (χ3n) is 11.0. The van der Waals surface area contributed by atoms with Gasteiger partial charge in [-0.25, -0.2) is 19.6 Å². The van der Waals surface area contributed by atoms with Gasteiger partial charge in [0.2, 0.25) is 11.8 Å². The van der Waals surface area contributed by atoms with Gasteiger partial charge in [0.25, 0.3) is 0 Å². The zero-order valence-corrected chi connectivity index (χ0v) is 32.7. The molecule has 4 heterocycles. The first-order valence-corrected chi connectivity index (χ1v) is 19.4. The molecule has 4 amide bonds. The summed E-state index contributed by atoms with van der Waals surface area (Å²) in [5.74, 6) is 0.946. The van der Waals surface area contributed by atoms with Crippen molar-refractivity contribution < 1.29 is 28.7 Å². The highest BCUT2D eigenvalue weighted by molar-refractivity contribution is 5.89. The van der Waals surface area contributed by atoms with Gasteiger partial charge in [0.15, 0.2) is 0 Å². The fraction of sp³-hybridized carbons (Fsp3) is 0.429. The van der Waals surface area contributed by atoms with E-state index in [4.69, 9.17) is 19.4 Å². The predicted octanol–water partition coefficient (Wildman–Crippen LogP) is 6.86. The van der Waals surface area contributed by atoms with Gasteiger partial charge in [-0.3, -0.25) is 9.59 Å². The number of aromatic amines is 2. The zero-order valence-electron chi connectivity index (χ0n) is 32.7. The summed E-state index contributed by atoms with van der Waals surface area (Å²) in [6, 6.07) is 18.8. The average molecular weight is 763 g/mol. The number of H-pyrrole nitrogens is 2. The number of alkyl carbamates (subject to hydrolysis) is 2. The first-order valence-electron chi connectivity index (χ1n) is 19.4. The van der Waals surface area contributed by atoms with E-state index < -0.39 is 24.3 Å². The van der Waals surface area contributed by atoms with Crippen LogP contribution < -0.4 is 10.6 Å². The van der Waals surface area contributed by atoms with Crippen LogP contribution in [0.3, 0.4) is 0 Å². The number of nitrogens with one attached hydrogen (secondary N) is 4. The van der Waals surface area contributed by atoms with Crippen molar-refractivity contribution in [3.63, 3.8) is 0 Å². The molecule has 0 spiro atoms. The van der Waals surface area contributed by atoms with Gasteiger partial charge in [0, 0.05) is 13.1 Å². The molecule has 0 bridgehead atoms. The lowest BCUT2D eigenvalue weighted by molar-refractivity contribution is -0.136. The molecule has 0 radical (unpaired) electrons. The van der Waals surface area contributed by atoms with E-state index in [-0.39, 0.29) is 35.7 Å². The number of rotatable bonds is 10. The van der Waals surface area contributed by atoms with E-state index in [0.29, 0.717) is 13.1 Å². The van der Waals surface area contributed by atoms with Crippen LogP contribution in [0.4, 0.5) is 9.59 Å². The van der Waals surface area contributed by atoms with Gasteiger partial charge in [0.05, 0.1) is 48.4 Å². The van der Waals surface area contributed by atoms with Crippen LogP contribution in [0.25, 0.3) is 44.3 Å². The Balaban J connectivity index is 1.10. The number of hydrogen-bond acceptors (Lipinski definition) is 8. The van der Waals surface area contributed by atoms with Crippen LogP contribution in [-0.2, 0) is 19.1 Å². The first kappa shape index (κ1) is 38.4. The Hall–Kier alpha value is -5.92. The molecule has 14 nitrogen and oxygen atoms in total. The van der Waals surface area contributed by atoms with Gasteiger partial charge in [0.1, 0.15) is 23.7 Å². The molecule has 2 aromatic heterocycles. The highest BCUT2D eigenvalue weighted by Crippen LogP contribution is 2.36. The van der Waals surface area contributed by atoms with E-state index in [1.165, 1.54) is 14.2 Å². The number of imidazole rings is 2. The normalized spacial score (nSPS) is 18.1. The van der Waals surface area contributed by atoms with Crippen molar-refractivity contribution in [3.05, 3.63) is 72.3 Å². The van der Waals surface area contributed by atoms with Gasteiger partial charge < -0.3 is 39.9 Å². The number of likely N-dealkylation sites (tertiary alicyclic amines) is 2. The maximum absolute atomic E-state index is 13.7. The minimum Gasteiger partial charge on any atom is -0.453 e. The number of ether oxygens (including phenoxy) is 2. The Morgan fingerprint density at radius 1 is 0.643 bits per heavy atom. The van der Waals surface area contributed by atoms with Crippen molar-refractivity contribution in [2.24, 2.45) is 11.8 Å². The van der Waals surface area contributed by atoms with Gasteiger partial charge in [-0.05, 0) is 90.1 Å². The summed E-state index contributed by atoms with van der Waals surface area (Å²) < 4.78 is 9.55. The standard InChI is InChI=1S/C42H50N8O6/c1-23(2)35(47-41(53)55-5)39(51)49-18-8-12-33(49)37-43-29-16-14-27(21-31(29)45-37)25-10-7-11-26(20-25)28-15-17-30-32(22-28)46-38(44-30)34-13-9-19-50(34)40(52)36(24(3)4)48-42(54)56-6/h7,10-11,14-17,20-24,33-36H,8-9,12-13,18-19H2,1-6H3,(H,43,45)(H,44,46)(H,47,53)(H,48,54). The van der Waals surface area contributed by atoms with Crippen LogP contribution in [0.15, 0.2) is 60.7 Å². The summed E-state index contributed by atoms with van der Waals surface area (Å²) in [6.07, 6.45) is 1.98. The quantitative estimate of drug-likeness (QED) is 0.119. The maximum atomic E-state index is 13.7. The molecule has 2 saturated heterocycles. The second kappa shape index (κ2) is 16.0. The molecule has 4 N–H and O–H groups in total. The Bertz CT molecular complexity index is 2110. The molecule has 56 heavy (non-hydrogen) atoms. The Morgan fingerprint density at radius 2 is 1.05 bits per heavy atom. The molecule has 294 valence electrons. The van der Waals surface area contributed by atoms with Gasteiger partial charge in [-0.2, -0.15) is 0 Å². The second-order valence-electron chi connectivity index (χ2n) is 15.4. The van der Waals surface area contributed by atoms with Gasteiger partial charge >= 0.3 is 12.2 Å². The van der Waals surface area contributed by atoms with Crippen LogP contribution >= 0.6 is 0 Å². The van der Waals surface area contributed by atoms with E-state index in [2.05, 4.69) is 63.1 Å². The molecule has 0 aliphatic carbocycles. The summed E-state index contributed by atoms with van der Waals surface area (Å²) in [6.45, 7) is 8.79. The summed E-state index contributed by atoms with van der Waals surface area (Å²) >= 11 is 0. The van der Waals surface area contributed by atoms with E-state index in [1.807, 2.05) is 55.7 Å². The van der Waals surface area contributed by atoms with Gasteiger partial charge in [-0.1, -0.05) is 58.0 Å². The fourth-order valence-corrected chi connectivity index (χ4v) is 8.00. The number of nitrogens with zero attached hydrogens (tertiary/aromatic N) is 4. The molecule has 2 fully saturated rings. The summed E-state index contributed by atoms with van der Waals surface area (Å²) in [7, 11) is 2.58. The van der Waals surface area contributed by atoms with Crippen LogP contribution in [-0.4, -0.2) is 93.1 Å². The maximum Gasteiger partial charge on any atom is 0.407 e. The lowest BCUT2D eigenvalue weighted by atomic mass is 9.98. The molecule has 2 aliphatic heterocycles. The molecular weight excluding hydrogens is 713 g/mol. The molecular formula is C42H50N8O6. The van der Waals surface area contributed by atoms with E-state index in [9.17, 15) is 19.2 Å². The van der Waals surface area contributed by atoms with Crippen LogP contribution in [0, 0.1) is 11.8 Å². The van der Waals surface area contributed by atoms with E-state index >= 15 is 0 Å². The van der Waals surface area contributed by atoms with Crippen LogP contribution in [0.1, 0.15) is 77.1 Å². The largest absolute Gasteiger partial charge is 0.453 e. The Morgan fingerprint density at radius 3 is 1.45 bits per heavy atom. The molecule has 7 rings (SSSR count). The smallest absolute Gasteiger partial charge is 0.407 e. The predicted molar refractivity (Wildman–Crippen MR) is 212 cm³/mol. The number of hydrogen-bond donors (Lipinski definition) is 4. The van der Waals surface area contributed by atoms with Crippen molar-refractivity contribution in [2.75, 3.05) is 27.3 Å². The lowest BCUT2D eigenvalue weighted by Crippen LogP contribution is -2.51. The summed E-state index contributed by atoms with van der Waals surface area (Å²) in [5.41, 5.74) is 7.51. The molecule has 4 unspecified atom stereocenters. The number of methoxy groups -OCH3 is 2. The third-order valence-corrected chi connectivity index (χ3v) is 11.0. The minimum absolute atomic E-state index is 0.113. The average Bonchev–Trinajstić information content (AvgIpc) is 4.03. The monoisotopic (exact) mass is 762 g/mol. The SMILES string of the molecule is COC(=O)NC(C(=O)N1CCCC1c1nc2ccc(-c3cccc(-c4ccc5nc(C6CCCN6C(=O)C(NC(=O)OC)C(C)C)[nH]c5c4)c3)cc2[nH]1)C(C)C. The van der Waals surface area contributed by atoms with Crippen LogP contribution in [0.2, 0.25) is 0 Å². The third kappa shape index (κ3) is 7.64. The van der Waals surface area contributed by atoms with Crippen molar-refractivity contribution in [1.82, 2.24) is 40.4 Å². The van der Waals surface area contributed by atoms with Crippen molar-refractivity contribution >= 4 is 46.1 Å². The highest BCUT2D eigenvalue weighted by Gasteiger charge is 2.39. The summed E-state index contributed by atoms with van der Waals surface area (Å²) in [4.78, 5) is 71.8. The molecule has 3 aromatic carbocycles. The van der Waals surface area contributed by atoms with E-state index in [0.717, 1.165) is 81.7 Å². The Kier molecular flexibility index (Phi) is 11.0. The molecule has 5 aromatic rings. The zero-order chi connectivity index (χ0) is 39.7. The molecule has 14 heteroatoms. The Labute approximate surface area is 325 Å². The van der Waals surface area contributed by atoms with Crippen molar-refractivity contribution in [3.8, 4) is 22.3 Å². The van der Waals surface area contributed by atoms with E-state index in [1.54, 1.807) is 0 Å². The number of amides is 4. The lowest BCUT2D eigenvalue weighted by Gasteiger charge is -2.29. The fourth-order valence-electron chi connectivity index (χ4n) is 8.00. The highest BCUT2D eigenvalue weighted by atomic mass is 16.5. The second-order valence-corrected chi connectivity index (χ2v) is 15.4. The number of fused-ring (bicyclic) bond motifs is 2.